The van der Waals surface area contributed by atoms with Crippen molar-refractivity contribution in [3.63, 3.8) is 0 Å². The Morgan fingerprint density at radius 1 is 1.53 bits per heavy atom. The Balaban J connectivity index is 2.34. The molecule has 0 radical (unpaired) electrons. The summed E-state index contributed by atoms with van der Waals surface area (Å²) in [5.41, 5.74) is 1.21. The van der Waals surface area contributed by atoms with E-state index in [2.05, 4.69) is 27.4 Å². The third-order valence-electron chi connectivity index (χ3n) is 4.85. The molecule has 0 saturated heterocycles. The van der Waals surface area contributed by atoms with Gasteiger partial charge in [-0.3, -0.25) is 4.79 Å². The molecule has 0 aliphatic heterocycles. The van der Waals surface area contributed by atoms with Gasteiger partial charge in [-0.1, -0.05) is 32.9 Å². The maximum absolute atomic E-state index is 12.4. The molecule has 2 rings (SSSR count). The van der Waals surface area contributed by atoms with Crippen molar-refractivity contribution < 1.29 is 4.79 Å². The van der Waals surface area contributed by atoms with Crippen LogP contribution in [-0.2, 0) is 4.79 Å². The van der Waals surface area contributed by atoms with Gasteiger partial charge in [0.2, 0.25) is 0 Å². The van der Waals surface area contributed by atoms with Gasteiger partial charge in [0.1, 0.15) is 5.78 Å². The van der Waals surface area contributed by atoms with Crippen LogP contribution in [0.1, 0.15) is 46.5 Å². The zero-order valence-electron chi connectivity index (χ0n) is 10.2. The summed E-state index contributed by atoms with van der Waals surface area (Å²) in [5.74, 6) is 2.02. The lowest BCUT2D eigenvalue weighted by Gasteiger charge is -2.37. The summed E-state index contributed by atoms with van der Waals surface area (Å²) < 4.78 is 0. The monoisotopic (exact) mass is 206 g/mol. The zero-order chi connectivity index (χ0) is 11.2. The first-order valence-corrected chi connectivity index (χ1v) is 6.21. The normalized spacial score (nSPS) is 45.7. The number of allylic oxidation sites excluding steroid dienone is 1. The zero-order valence-corrected chi connectivity index (χ0v) is 10.2. The number of rotatable bonds is 1. The lowest BCUT2D eigenvalue weighted by Crippen LogP contribution is -2.34. The maximum atomic E-state index is 12.4. The van der Waals surface area contributed by atoms with Crippen molar-refractivity contribution in [1.82, 2.24) is 0 Å². The van der Waals surface area contributed by atoms with Crippen molar-refractivity contribution in [3.05, 3.63) is 12.2 Å². The van der Waals surface area contributed by atoms with Gasteiger partial charge < -0.3 is 0 Å². The van der Waals surface area contributed by atoms with Gasteiger partial charge in [0.25, 0.3) is 0 Å². The number of ketones is 1. The first-order chi connectivity index (χ1) is 7.00. The van der Waals surface area contributed by atoms with E-state index in [4.69, 9.17) is 0 Å². The molecule has 0 bridgehead atoms. The van der Waals surface area contributed by atoms with Crippen molar-refractivity contribution in [1.29, 1.82) is 0 Å². The molecular formula is C14H22O. The summed E-state index contributed by atoms with van der Waals surface area (Å²) in [4.78, 5) is 12.4. The molecule has 84 valence electrons. The summed E-state index contributed by atoms with van der Waals surface area (Å²) in [7, 11) is 0. The molecule has 0 N–H and O–H groups in total. The molecule has 2 fully saturated rings. The van der Waals surface area contributed by atoms with Crippen LogP contribution < -0.4 is 0 Å². The SMILES string of the molecule is C=C1CC[C@@H]2[C@@H](C)[C@H](CC)C(=O)[C@]2(C)C1. The molecule has 0 aromatic rings. The molecule has 15 heavy (non-hydrogen) atoms. The highest BCUT2D eigenvalue weighted by Gasteiger charge is 2.55. The van der Waals surface area contributed by atoms with Crippen LogP contribution in [0.15, 0.2) is 12.2 Å². The predicted octanol–water partition coefficient (Wildman–Crippen LogP) is 3.59. The Labute approximate surface area is 92.9 Å². The van der Waals surface area contributed by atoms with Crippen LogP contribution in [-0.4, -0.2) is 5.78 Å². The van der Waals surface area contributed by atoms with E-state index in [1.807, 2.05) is 0 Å². The summed E-state index contributed by atoms with van der Waals surface area (Å²) in [6, 6.07) is 0. The van der Waals surface area contributed by atoms with Gasteiger partial charge in [-0.15, -0.1) is 0 Å². The van der Waals surface area contributed by atoms with Gasteiger partial charge in [0.15, 0.2) is 0 Å². The van der Waals surface area contributed by atoms with E-state index < -0.39 is 0 Å². The molecule has 0 amide bonds. The predicted molar refractivity (Wildman–Crippen MR) is 62.5 cm³/mol. The topological polar surface area (TPSA) is 17.1 Å². The van der Waals surface area contributed by atoms with Crippen LogP contribution in [0.4, 0.5) is 0 Å². The molecule has 0 aromatic heterocycles. The second-order valence-corrected chi connectivity index (χ2v) is 5.73. The van der Waals surface area contributed by atoms with Crippen LogP contribution in [0.25, 0.3) is 0 Å². The fraction of sp³-hybridized carbons (Fsp3) is 0.786. The summed E-state index contributed by atoms with van der Waals surface area (Å²) >= 11 is 0. The van der Waals surface area contributed by atoms with E-state index in [9.17, 15) is 4.79 Å². The van der Waals surface area contributed by atoms with Gasteiger partial charge in [0, 0.05) is 11.3 Å². The third-order valence-corrected chi connectivity index (χ3v) is 4.85. The highest BCUT2D eigenvalue weighted by molar-refractivity contribution is 5.90. The Kier molecular flexibility index (Phi) is 2.52. The summed E-state index contributed by atoms with van der Waals surface area (Å²) in [6.45, 7) is 10.7. The van der Waals surface area contributed by atoms with E-state index >= 15 is 0 Å². The van der Waals surface area contributed by atoms with E-state index in [-0.39, 0.29) is 5.41 Å². The highest BCUT2D eigenvalue weighted by atomic mass is 16.1. The largest absolute Gasteiger partial charge is 0.299 e. The molecule has 2 aliphatic rings. The quantitative estimate of drug-likeness (QED) is 0.599. The Morgan fingerprint density at radius 2 is 2.20 bits per heavy atom. The number of hydrogen-bond acceptors (Lipinski definition) is 1. The number of carbonyl (C=O) groups is 1. The maximum Gasteiger partial charge on any atom is 0.142 e. The highest BCUT2D eigenvalue weighted by Crippen LogP contribution is 2.56. The molecule has 0 spiro atoms. The van der Waals surface area contributed by atoms with Crippen molar-refractivity contribution in [2.45, 2.75) is 46.5 Å². The minimum atomic E-state index is -0.0740. The number of Topliss-reactive ketones (excluding diaryl/α,β-unsaturated/α-hetero) is 1. The minimum Gasteiger partial charge on any atom is -0.299 e. The molecule has 2 saturated carbocycles. The van der Waals surface area contributed by atoms with E-state index in [0.29, 0.717) is 23.5 Å². The van der Waals surface area contributed by atoms with Gasteiger partial charge in [-0.05, 0) is 37.5 Å². The Hall–Kier alpha value is -0.590. The molecular weight excluding hydrogens is 184 g/mol. The summed E-state index contributed by atoms with van der Waals surface area (Å²) in [6.07, 6.45) is 4.27. The Bertz CT molecular complexity index is 304. The van der Waals surface area contributed by atoms with E-state index in [0.717, 1.165) is 19.3 Å². The van der Waals surface area contributed by atoms with E-state index in [1.54, 1.807) is 0 Å². The van der Waals surface area contributed by atoms with Gasteiger partial charge in [-0.25, -0.2) is 0 Å². The average Bonchev–Trinajstić information content (AvgIpc) is 2.35. The van der Waals surface area contributed by atoms with Crippen LogP contribution >= 0.6 is 0 Å². The molecule has 1 nitrogen and oxygen atoms in total. The molecule has 0 unspecified atom stereocenters. The lowest BCUT2D eigenvalue weighted by molar-refractivity contribution is -0.129. The van der Waals surface area contributed by atoms with Gasteiger partial charge in [-0.2, -0.15) is 0 Å². The molecule has 0 heterocycles. The second-order valence-electron chi connectivity index (χ2n) is 5.73. The van der Waals surface area contributed by atoms with Crippen molar-refractivity contribution in [2.24, 2.45) is 23.2 Å². The van der Waals surface area contributed by atoms with Gasteiger partial charge in [0.05, 0.1) is 0 Å². The van der Waals surface area contributed by atoms with E-state index in [1.165, 1.54) is 12.0 Å². The van der Waals surface area contributed by atoms with Crippen molar-refractivity contribution in [3.8, 4) is 0 Å². The van der Waals surface area contributed by atoms with Crippen molar-refractivity contribution in [2.75, 3.05) is 0 Å². The summed E-state index contributed by atoms with van der Waals surface area (Å²) in [5, 5.41) is 0. The van der Waals surface area contributed by atoms with Crippen LogP contribution in [0.5, 0.6) is 0 Å². The van der Waals surface area contributed by atoms with Crippen LogP contribution in [0.2, 0.25) is 0 Å². The number of fused-ring (bicyclic) bond motifs is 1. The smallest absolute Gasteiger partial charge is 0.142 e. The Morgan fingerprint density at radius 3 is 2.80 bits per heavy atom. The minimum absolute atomic E-state index is 0.0740. The van der Waals surface area contributed by atoms with Crippen molar-refractivity contribution >= 4 is 5.78 Å². The standard InChI is InChI=1S/C14H22O/c1-5-11-10(3)12-7-6-9(2)8-14(12,4)13(11)15/h10-12H,2,5-8H2,1,3-4H3/t10-,11-,12+,14+/m0/s1. The van der Waals surface area contributed by atoms with Gasteiger partial charge >= 0.3 is 0 Å². The molecule has 2 aliphatic carbocycles. The second kappa shape index (κ2) is 3.47. The fourth-order valence-electron chi connectivity index (χ4n) is 4.03. The molecule has 4 atom stereocenters. The third kappa shape index (κ3) is 1.39. The van der Waals surface area contributed by atoms with Crippen LogP contribution in [0, 0.1) is 23.2 Å². The number of hydrogen-bond donors (Lipinski definition) is 0. The van der Waals surface area contributed by atoms with Crippen LogP contribution in [0.3, 0.4) is 0 Å². The first-order valence-electron chi connectivity index (χ1n) is 6.21. The first kappa shape index (κ1) is 10.9. The number of carbonyl (C=O) groups excluding carboxylic acids is 1. The molecule has 1 heteroatoms. The average molecular weight is 206 g/mol. The molecule has 0 aromatic carbocycles. The fourth-order valence-corrected chi connectivity index (χ4v) is 4.03. The lowest BCUT2D eigenvalue weighted by atomic mass is 9.66.